The molecule has 21 heavy (non-hydrogen) atoms. The lowest BCUT2D eigenvalue weighted by Crippen LogP contribution is -2.24. The van der Waals surface area contributed by atoms with Gasteiger partial charge in [0.05, 0.1) is 5.56 Å². The molecule has 0 saturated carbocycles. The highest BCUT2D eigenvalue weighted by molar-refractivity contribution is 5.99. The number of hydrogen-bond acceptors (Lipinski definition) is 2. The van der Waals surface area contributed by atoms with Crippen molar-refractivity contribution in [3.05, 3.63) is 77.1 Å². The number of rotatable bonds is 1. The summed E-state index contributed by atoms with van der Waals surface area (Å²) >= 11 is 0. The molecule has 106 valence electrons. The molecule has 1 aliphatic heterocycles. The number of cyclic esters (lactones) is 1. The van der Waals surface area contributed by atoms with Gasteiger partial charge in [-0.05, 0) is 54.8 Å². The molecule has 2 nitrogen and oxygen atoms in total. The van der Waals surface area contributed by atoms with E-state index in [-0.39, 0.29) is 11.8 Å². The predicted molar refractivity (Wildman–Crippen MR) is 79.4 cm³/mol. The van der Waals surface area contributed by atoms with E-state index in [9.17, 15) is 9.18 Å². The Bertz CT molecular complexity index is 727. The van der Waals surface area contributed by atoms with E-state index >= 15 is 0 Å². The molecule has 0 N–H and O–H groups in total. The molecule has 3 heteroatoms. The number of carbonyl (C=O) groups is 1. The van der Waals surface area contributed by atoms with Crippen molar-refractivity contribution < 1.29 is 13.9 Å². The SMILES string of the molecule is CC1(C)C=C(c2ccc(F)cc2)c2ccccc2C(=O)O1. The molecular weight excluding hydrogens is 267 g/mol. The molecule has 0 unspecified atom stereocenters. The lowest BCUT2D eigenvalue weighted by molar-refractivity contribution is 0.0181. The van der Waals surface area contributed by atoms with Crippen LogP contribution in [0.2, 0.25) is 0 Å². The van der Waals surface area contributed by atoms with Crippen molar-refractivity contribution in [2.45, 2.75) is 19.4 Å². The Kier molecular flexibility index (Phi) is 3.13. The van der Waals surface area contributed by atoms with Crippen LogP contribution in [0.15, 0.2) is 54.6 Å². The summed E-state index contributed by atoms with van der Waals surface area (Å²) in [6.07, 6.45) is 1.91. The van der Waals surface area contributed by atoms with Crippen LogP contribution in [0.4, 0.5) is 4.39 Å². The molecule has 0 spiro atoms. The van der Waals surface area contributed by atoms with Gasteiger partial charge in [0.2, 0.25) is 0 Å². The monoisotopic (exact) mass is 282 g/mol. The van der Waals surface area contributed by atoms with E-state index in [0.29, 0.717) is 5.56 Å². The van der Waals surface area contributed by atoms with Crippen molar-refractivity contribution >= 4 is 11.5 Å². The largest absolute Gasteiger partial charge is 0.452 e. The Morgan fingerprint density at radius 2 is 1.57 bits per heavy atom. The highest BCUT2D eigenvalue weighted by Crippen LogP contribution is 2.33. The molecule has 0 fully saturated rings. The number of ether oxygens (including phenoxy) is 1. The molecule has 0 bridgehead atoms. The van der Waals surface area contributed by atoms with Crippen molar-refractivity contribution in [3.63, 3.8) is 0 Å². The van der Waals surface area contributed by atoms with Crippen LogP contribution in [-0.2, 0) is 4.74 Å². The summed E-state index contributed by atoms with van der Waals surface area (Å²) in [5.74, 6) is -0.628. The summed E-state index contributed by atoms with van der Waals surface area (Å²) in [7, 11) is 0. The second-order valence-electron chi connectivity index (χ2n) is 5.60. The van der Waals surface area contributed by atoms with Gasteiger partial charge < -0.3 is 4.74 Å². The van der Waals surface area contributed by atoms with Crippen LogP contribution in [0.5, 0.6) is 0 Å². The Morgan fingerprint density at radius 1 is 0.952 bits per heavy atom. The smallest absolute Gasteiger partial charge is 0.339 e. The minimum atomic E-state index is -0.722. The van der Waals surface area contributed by atoms with E-state index in [4.69, 9.17) is 4.74 Å². The fourth-order valence-corrected chi connectivity index (χ4v) is 2.51. The van der Waals surface area contributed by atoms with Crippen LogP contribution >= 0.6 is 0 Å². The summed E-state index contributed by atoms with van der Waals surface area (Å²) in [6.45, 7) is 3.67. The van der Waals surface area contributed by atoms with Crippen LogP contribution in [0.3, 0.4) is 0 Å². The number of esters is 1. The van der Waals surface area contributed by atoms with Crippen LogP contribution in [0.1, 0.15) is 35.3 Å². The van der Waals surface area contributed by atoms with Crippen molar-refractivity contribution in [1.82, 2.24) is 0 Å². The topological polar surface area (TPSA) is 26.3 Å². The molecular formula is C18H15FO2. The van der Waals surface area contributed by atoms with Crippen molar-refractivity contribution in [1.29, 1.82) is 0 Å². The van der Waals surface area contributed by atoms with E-state index < -0.39 is 5.60 Å². The van der Waals surface area contributed by atoms with Crippen molar-refractivity contribution in [2.24, 2.45) is 0 Å². The zero-order valence-electron chi connectivity index (χ0n) is 11.9. The maximum atomic E-state index is 13.1. The number of benzene rings is 2. The summed E-state index contributed by atoms with van der Waals surface area (Å²) in [6, 6.07) is 13.6. The second kappa shape index (κ2) is 4.85. The average Bonchev–Trinajstić information content (AvgIpc) is 2.55. The first kappa shape index (κ1) is 13.6. The van der Waals surface area contributed by atoms with E-state index in [1.54, 1.807) is 24.3 Å². The molecule has 0 radical (unpaired) electrons. The van der Waals surface area contributed by atoms with Gasteiger partial charge in [0.15, 0.2) is 0 Å². The molecule has 0 amide bonds. The molecule has 0 atom stereocenters. The van der Waals surface area contributed by atoms with Gasteiger partial charge in [-0.2, -0.15) is 0 Å². The highest BCUT2D eigenvalue weighted by Gasteiger charge is 2.29. The zero-order valence-corrected chi connectivity index (χ0v) is 11.9. The van der Waals surface area contributed by atoms with E-state index in [2.05, 4.69) is 0 Å². The molecule has 1 aliphatic rings. The summed E-state index contributed by atoms with van der Waals surface area (Å²) < 4.78 is 18.7. The zero-order chi connectivity index (χ0) is 15.0. The molecule has 0 saturated heterocycles. The Hall–Kier alpha value is -2.42. The third-order valence-corrected chi connectivity index (χ3v) is 3.44. The Labute approximate surface area is 122 Å². The van der Waals surface area contributed by atoms with Gasteiger partial charge in [-0.15, -0.1) is 0 Å². The minimum Gasteiger partial charge on any atom is -0.452 e. The first-order valence-corrected chi connectivity index (χ1v) is 6.78. The second-order valence-corrected chi connectivity index (χ2v) is 5.60. The predicted octanol–water partition coefficient (Wildman–Crippen LogP) is 4.21. The standard InChI is InChI=1S/C18H15FO2/c1-18(2)11-16(12-7-9-13(19)10-8-12)14-5-3-4-6-15(14)17(20)21-18/h3-11H,1-2H3. The van der Waals surface area contributed by atoms with E-state index in [1.165, 1.54) is 12.1 Å². The van der Waals surface area contributed by atoms with Gasteiger partial charge in [0.1, 0.15) is 11.4 Å². The van der Waals surface area contributed by atoms with Crippen LogP contribution in [0.25, 0.3) is 5.57 Å². The number of hydrogen-bond donors (Lipinski definition) is 0. The van der Waals surface area contributed by atoms with E-state index in [1.807, 2.05) is 32.1 Å². The number of halogens is 1. The summed E-state index contributed by atoms with van der Waals surface area (Å²) in [5, 5.41) is 0. The quantitative estimate of drug-likeness (QED) is 0.732. The van der Waals surface area contributed by atoms with Crippen molar-refractivity contribution in [3.8, 4) is 0 Å². The molecule has 1 heterocycles. The van der Waals surface area contributed by atoms with Gasteiger partial charge in [-0.3, -0.25) is 0 Å². The minimum absolute atomic E-state index is 0.284. The molecule has 0 aromatic heterocycles. The van der Waals surface area contributed by atoms with Gasteiger partial charge in [-0.25, -0.2) is 9.18 Å². The van der Waals surface area contributed by atoms with Crippen LogP contribution in [0, 0.1) is 5.82 Å². The molecule has 0 aliphatic carbocycles. The third-order valence-electron chi connectivity index (χ3n) is 3.44. The molecule has 2 aromatic rings. The third kappa shape index (κ3) is 2.59. The number of carbonyl (C=O) groups excluding carboxylic acids is 1. The van der Waals surface area contributed by atoms with Crippen LogP contribution < -0.4 is 0 Å². The number of fused-ring (bicyclic) bond motifs is 1. The van der Waals surface area contributed by atoms with Gasteiger partial charge in [-0.1, -0.05) is 30.3 Å². The van der Waals surface area contributed by atoms with Gasteiger partial charge in [0, 0.05) is 0 Å². The summed E-state index contributed by atoms with van der Waals surface area (Å²) in [4.78, 5) is 12.2. The maximum Gasteiger partial charge on any atom is 0.339 e. The van der Waals surface area contributed by atoms with Crippen molar-refractivity contribution in [2.75, 3.05) is 0 Å². The fraction of sp³-hybridized carbons (Fsp3) is 0.167. The highest BCUT2D eigenvalue weighted by atomic mass is 19.1. The first-order chi connectivity index (χ1) is 9.96. The Balaban J connectivity index is 2.24. The molecule has 3 rings (SSSR count). The average molecular weight is 282 g/mol. The van der Waals surface area contributed by atoms with E-state index in [0.717, 1.165) is 16.7 Å². The lowest BCUT2D eigenvalue weighted by Gasteiger charge is -2.20. The Morgan fingerprint density at radius 3 is 2.24 bits per heavy atom. The van der Waals surface area contributed by atoms with Crippen LogP contribution in [-0.4, -0.2) is 11.6 Å². The first-order valence-electron chi connectivity index (χ1n) is 6.78. The summed E-state index contributed by atoms with van der Waals surface area (Å²) in [5.41, 5.74) is 2.34. The normalized spacial score (nSPS) is 16.5. The molecule has 2 aromatic carbocycles. The maximum absolute atomic E-state index is 13.1. The lowest BCUT2D eigenvalue weighted by atomic mass is 9.91. The fourth-order valence-electron chi connectivity index (χ4n) is 2.51. The van der Waals surface area contributed by atoms with Gasteiger partial charge >= 0.3 is 5.97 Å². The van der Waals surface area contributed by atoms with Gasteiger partial charge in [0.25, 0.3) is 0 Å².